The van der Waals surface area contributed by atoms with Gasteiger partial charge in [-0.05, 0) is 30.9 Å². The summed E-state index contributed by atoms with van der Waals surface area (Å²) in [6.07, 6.45) is 5.36. The van der Waals surface area contributed by atoms with Gasteiger partial charge in [0.05, 0.1) is 12.3 Å². The van der Waals surface area contributed by atoms with Crippen molar-refractivity contribution in [1.82, 2.24) is 4.98 Å². The molecule has 13 heavy (non-hydrogen) atoms. The van der Waals surface area contributed by atoms with E-state index in [-0.39, 0.29) is 0 Å². The Hall–Kier alpha value is -0.760. The Morgan fingerprint density at radius 2 is 2.38 bits per heavy atom. The fourth-order valence-electron chi connectivity index (χ4n) is 1.16. The lowest BCUT2D eigenvalue weighted by molar-refractivity contribution is 0.301. The zero-order valence-electron chi connectivity index (χ0n) is 7.59. The number of ether oxygens (including phenoxy) is 1. The minimum absolute atomic E-state index is 0.424. The van der Waals surface area contributed by atoms with Crippen LogP contribution in [0.3, 0.4) is 0 Å². The molecule has 1 aliphatic rings. The molecule has 2 nitrogen and oxygen atoms in total. The number of hydrogen-bond donors (Lipinski definition) is 0. The molecular weight excluding hydrogens is 186 g/mol. The highest BCUT2D eigenvalue weighted by atomic mass is 35.5. The molecule has 1 heterocycles. The first-order valence-corrected chi connectivity index (χ1v) is 4.98. The molecule has 0 aliphatic heterocycles. The number of halogens is 1. The summed E-state index contributed by atoms with van der Waals surface area (Å²) in [5.41, 5.74) is 1.06. The van der Waals surface area contributed by atoms with Gasteiger partial charge in [-0.25, -0.2) is 4.98 Å². The summed E-state index contributed by atoms with van der Waals surface area (Å²) in [5.74, 6) is 0.851. The van der Waals surface area contributed by atoms with Gasteiger partial charge in [-0.3, -0.25) is 0 Å². The number of aryl methyl sites for hydroxylation is 1. The number of rotatable bonds is 3. The maximum atomic E-state index is 5.88. The van der Waals surface area contributed by atoms with Crippen LogP contribution in [0.25, 0.3) is 0 Å². The van der Waals surface area contributed by atoms with Crippen LogP contribution in [0.2, 0.25) is 5.15 Å². The molecule has 1 saturated carbocycles. The van der Waals surface area contributed by atoms with E-state index in [0.717, 1.165) is 17.7 Å². The van der Waals surface area contributed by atoms with Crippen LogP contribution in [-0.2, 0) is 6.42 Å². The second-order valence-electron chi connectivity index (χ2n) is 3.29. The first-order valence-electron chi connectivity index (χ1n) is 4.60. The van der Waals surface area contributed by atoms with Gasteiger partial charge >= 0.3 is 0 Å². The zero-order valence-corrected chi connectivity index (χ0v) is 8.34. The lowest BCUT2D eigenvalue weighted by Gasteiger charge is -2.06. The standard InChI is InChI=1S/C10H12ClNO/c1-2-7-5-9(6-12-10(7)11)13-8-3-4-8/h5-6,8H,2-4H2,1H3. The highest BCUT2D eigenvalue weighted by Gasteiger charge is 2.23. The smallest absolute Gasteiger partial charge is 0.138 e. The lowest BCUT2D eigenvalue weighted by atomic mass is 10.2. The van der Waals surface area contributed by atoms with Gasteiger partial charge in [0, 0.05) is 0 Å². The average Bonchev–Trinajstić information content (AvgIpc) is 2.92. The second kappa shape index (κ2) is 3.54. The highest BCUT2D eigenvalue weighted by molar-refractivity contribution is 6.30. The Morgan fingerprint density at radius 3 is 3.00 bits per heavy atom. The Kier molecular flexibility index (Phi) is 2.40. The molecule has 2 rings (SSSR count). The predicted octanol–water partition coefficient (Wildman–Crippen LogP) is 2.84. The van der Waals surface area contributed by atoms with Gasteiger partial charge in [-0.1, -0.05) is 18.5 Å². The third kappa shape index (κ3) is 2.13. The molecular formula is C10H12ClNO. The van der Waals surface area contributed by atoms with E-state index in [1.807, 2.05) is 6.07 Å². The Bertz CT molecular complexity index is 310. The molecule has 3 heteroatoms. The molecule has 0 amide bonds. The van der Waals surface area contributed by atoms with Crippen LogP contribution in [0.15, 0.2) is 12.3 Å². The first-order chi connectivity index (χ1) is 6.29. The SMILES string of the molecule is CCc1cc(OC2CC2)cnc1Cl. The van der Waals surface area contributed by atoms with Gasteiger partial charge in [-0.2, -0.15) is 0 Å². The van der Waals surface area contributed by atoms with Crippen LogP contribution in [0, 0.1) is 0 Å². The van der Waals surface area contributed by atoms with E-state index in [4.69, 9.17) is 16.3 Å². The fourth-order valence-corrected chi connectivity index (χ4v) is 1.40. The zero-order chi connectivity index (χ0) is 9.26. The minimum atomic E-state index is 0.424. The summed E-state index contributed by atoms with van der Waals surface area (Å²) in [6, 6.07) is 1.98. The van der Waals surface area contributed by atoms with E-state index in [2.05, 4.69) is 11.9 Å². The maximum absolute atomic E-state index is 5.88. The quantitative estimate of drug-likeness (QED) is 0.696. The van der Waals surface area contributed by atoms with Crippen LogP contribution in [0.1, 0.15) is 25.3 Å². The van der Waals surface area contributed by atoms with Crippen molar-refractivity contribution < 1.29 is 4.74 Å². The van der Waals surface area contributed by atoms with E-state index in [9.17, 15) is 0 Å². The van der Waals surface area contributed by atoms with E-state index >= 15 is 0 Å². The van der Waals surface area contributed by atoms with Crippen LogP contribution in [-0.4, -0.2) is 11.1 Å². The highest BCUT2D eigenvalue weighted by Crippen LogP contribution is 2.28. The number of aromatic nitrogens is 1. The van der Waals surface area contributed by atoms with Gasteiger partial charge in [0.15, 0.2) is 0 Å². The van der Waals surface area contributed by atoms with Crippen LogP contribution in [0.4, 0.5) is 0 Å². The molecule has 1 aromatic rings. The summed E-state index contributed by atoms with van der Waals surface area (Å²) < 4.78 is 5.60. The molecule has 0 radical (unpaired) electrons. The number of hydrogen-bond acceptors (Lipinski definition) is 2. The van der Waals surface area contributed by atoms with Crippen molar-refractivity contribution in [2.45, 2.75) is 32.3 Å². The van der Waals surface area contributed by atoms with Crippen molar-refractivity contribution >= 4 is 11.6 Å². The summed E-state index contributed by atoms with van der Waals surface area (Å²) >= 11 is 5.88. The van der Waals surface area contributed by atoms with E-state index in [1.165, 1.54) is 12.8 Å². The third-order valence-corrected chi connectivity index (χ3v) is 2.43. The fraction of sp³-hybridized carbons (Fsp3) is 0.500. The van der Waals surface area contributed by atoms with Crippen molar-refractivity contribution in [3.05, 3.63) is 23.0 Å². The largest absolute Gasteiger partial charge is 0.489 e. The molecule has 0 atom stereocenters. The molecule has 0 unspecified atom stereocenters. The molecule has 0 bridgehead atoms. The Morgan fingerprint density at radius 1 is 1.62 bits per heavy atom. The van der Waals surface area contributed by atoms with Gasteiger partial charge in [0.25, 0.3) is 0 Å². The van der Waals surface area contributed by atoms with Gasteiger partial charge < -0.3 is 4.74 Å². The second-order valence-corrected chi connectivity index (χ2v) is 3.65. The van der Waals surface area contributed by atoms with E-state index in [0.29, 0.717) is 11.3 Å². The van der Waals surface area contributed by atoms with Gasteiger partial charge in [0.1, 0.15) is 10.9 Å². The van der Waals surface area contributed by atoms with Crippen LogP contribution in [0.5, 0.6) is 5.75 Å². The van der Waals surface area contributed by atoms with Crippen LogP contribution < -0.4 is 4.74 Å². The topological polar surface area (TPSA) is 22.1 Å². The molecule has 1 fully saturated rings. The third-order valence-electron chi connectivity index (χ3n) is 2.09. The summed E-state index contributed by atoms with van der Waals surface area (Å²) in [5, 5.41) is 0.589. The summed E-state index contributed by atoms with van der Waals surface area (Å²) in [6.45, 7) is 2.06. The minimum Gasteiger partial charge on any atom is -0.489 e. The van der Waals surface area contributed by atoms with Crippen molar-refractivity contribution in [1.29, 1.82) is 0 Å². The van der Waals surface area contributed by atoms with Crippen molar-refractivity contribution in [3.8, 4) is 5.75 Å². The molecule has 1 aliphatic carbocycles. The van der Waals surface area contributed by atoms with Crippen molar-refractivity contribution in [3.63, 3.8) is 0 Å². The van der Waals surface area contributed by atoms with E-state index < -0.39 is 0 Å². The maximum Gasteiger partial charge on any atom is 0.138 e. The lowest BCUT2D eigenvalue weighted by Crippen LogP contribution is -1.97. The van der Waals surface area contributed by atoms with Crippen molar-refractivity contribution in [2.75, 3.05) is 0 Å². The molecule has 70 valence electrons. The van der Waals surface area contributed by atoms with Crippen molar-refractivity contribution in [2.24, 2.45) is 0 Å². The molecule has 0 N–H and O–H groups in total. The monoisotopic (exact) mass is 197 g/mol. The van der Waals surface area contributed by atoms with Crippen LogP contribution >= 0.6 is 11.6 Å². The molecule has 0 spiro atoms. The normalized spacial score (nSPS) is 15.8. The first kappa shape index (κ1) is 8.82. The molecule has 0 saturated heterocycles. The number of nitrogens with zero attached hydrogens (tertiary/aromatic N) is 1. The predicted molar refractivity (Wildman–Crippen MR) is 52.3 cm³/mol. The Labute approximate surface area is 82.9 Å². The molecule has 0 aromatic carbocycles. The number of pyridine rings is 1. The van der Waals surface area contributed by atoms with Gasteiger partial charge in [-0.15, -0.1) is 0 Å². The van der Waals surface area contributed by atoms with Gasteiger partial charge in [0.2, 0.25) is 0 Å². The average molecular weight is 198 g/mol. The summed E-state index contributed by atoms with van der Waals surface area (Å²) in [4.78, 5) is 4.07. The molecule has 1 aromatic heterocycles. The van der Waals surface area contributed by atoms with E-state index in [1.54, 1.807) is 6.20 Å². The summed E-state index contributed by atoms with van der Waals surface area (Å²) in [7, 11) is 0. The Balaban J connectivity index is 2.16.